The molecule has 0 saturated carbocycles. The van der Waals surface area contributed by atoms with E-state index >= 15 is 0 Å². The van der Waals surface area contributed by atoms with Crippen LogP contribution in [0.1, 0.15) is 29.6 Å². The predicted octanol–water partition coefficient (Wildman–Crippen LogP) is 1.76. The smallest absolute Gasteiger partial charge is 0.254 e. The van der Waals surface area contributed by atoms with Crippen molar-refractivity contribution in [2.75, 3.05) is 31.9 Å². The maximum atomic E-state index is 13.6. The van der Waals surface area contributed by atoms with Gasteiger partial charge >= 0.3 is 0 Å². The van der Waals surface area contributed by atoms with E-state index in [1.807, 2.05) is 0 Å². The summed E-state index contributed by atoms with van der Waals surface area (Å²) in [6.45, 7) is 3.55. The van der Waals surface area contributed by atoms with Crippen molar-refractivity contribution >= 4 is 11.6 Å². The molecule has 0 radical (unpaired) electrons. The molecule has 0 bridgehead atoms. The molecule has 4 nitrogen and oxygen atoms in total. The number of nitrogen functional groups attached to an aromatic ring is 1. The van der Waals surface area contributed by atoms with Gasteiger partial charge < -0.3 is 16.0 Å². The molecule has 110 valence electrons. The highest BCUT2D eigenvalue weighted by Gasteiger charge is 2.16. The Morgan fingerprint density at radius 3 is 2.70 bits per heavy atom. The van der Waals surface area contributed by atoms with Gasteiger partial charge in [-0.3, -0.25) is 4.79 Å². The Kier molecular flexibility index (Phi) is 4.89. The molecular weight excluding hydrogens is 264 g/mol. The van der Waals surface area contributed by atoms with Gasteiger partial charge in [-0.2, -0.15) is 0 Å². The molecule has 0 unspecified atom stereocenters. The molecule has 2 rings (SSSR count). The van der Waals surface area contributed by atoms with Crippen LogP contribution in [0, 0.1) is 11.6 Å². The zero-order valence-corrected chi connectivity index (χ0v) is 11.3. The van der Waals surface area contributed by atoms with Crippen molar-refractivity contribution in [1.29, 1.82) is 0 Å². The zero-order valence-electron chi connectivity index (χ0n) is 11.3. The predicted molar refractivity (Wildman–Crippen MR) is 73.4 cm³/mol. The van der Waals surface area contributed by atoms with Crippen molar-refractivity contribution in [2.45, 2.75) is 19.3 Å². The number of benzene rings is 1. The van der Waals surface area contributed by atoms with Crippen LogP contribution in [0.25, 0.3) is 0 Å². The van der Waals surface area contributed by atoms with E-state index in [1.54, 1.807) is 0 Å². The molecule has 6 heteroatoms. The largest absolute Gasteiger partial charge is 0.396 e. The number of anilines is 1. The third-order valence-corrected chi connectivity index (χ3v) is 3.45. The first-order valence-electron chi connectivity index (χ1n) is 6.83. The molecular formula is C14H19F2N3O. The van der Waals surface area contributed by atoms with Gasteiger partial charge in [0.2, 0.25) is 0 Å². The van der Waals surface area contributed by atoms with Gasteiger partial charge in [-0.1, -0.05) is 0 Å². The van der Waals surface area contributed by atoms with Crippen molar-refractivity contribution in [1.82, 2.24) is 10.2 Å². The first-order valence-corrected chi connectivity index (χ1v) is 6.83. The summed E-state index contributed by atoms with van der Waals surface area (Å²) in [5.41, 5.74) is 4.60. The number of nitrogens with zero attached hydrogens (tertiary/aromatic N) is 1. The number of likely N-dealkylation sites (tertiary alicyclic amines) is 1. The molecule has 1 fully saturated rings. The third-order valence-electron chi connectivity index (χ3n) is 3.45. The molecule has 1 aliphatic rings. The molecule has 0 aromatic heterocycles. The first-order chi connectivity index (χ1) is 9.58. The fourth-order valence-electron chi connectivity index (χ4n) is 2.38. The van der Waals surface area contributed by atoms with Gasteiger partial charge in [0.1, 0.15) is 5.82 Å². The molecule has 1 amide bonds. The van der Waals surface area contributed by atoms with Gasteiger partial charge in [-0.05, 0) is 51.0 Å². The lowest BCUT2D eigenvalue weighted by atomic mass is 10.1. The van der Waals surface area contributed by atoms with Crippen molar-refractivity contribution in [3.05, 3.63) is 29.3 Å². The minimum atomic E-state index is -0.872. The highest BCUT2D eigenvalue weighted by Crippen LogP contribution is 2.17. The minimum absolute atomic E-state index is 0.344. The summed E-state index contributed by atoms with van der Waals surface area (Å²) >= 11 is 0. The number of amides is 1. The van der Waals surface area contributed by atoms with E-state index in [9.17, 15) is 13.6 Å². The van der Waals surface area contributed by atoms with E-state index in [0.29, 0.717) is 6.54 Å². The Morgan fingerprint density at radius 1 is 1.30 bits per heavy atom. The van der Waals surface area contributed by atoms with Crippen LogP contribution in [0.5, 0.6) is 0 Å². The molecule has 3 N–H and O–H groups in total. The summed E-state index contributed by atoms with van der Waals surface area (Å²) < 4.78 is 26.8. The summed E-state index contributed by atoms with van der Waals surface area (Å²) in [5, 5.41) is 2.59. The van der Waals surface area contributed by atoms with Gasteiger partial charge in [0, 0.05) is 6.54 Å². The number of carbonyl (C=O) groups is 1. The molecule has 1 heterocycles. The maximum Gasteiger partial charge on any atom is 0.254 e. The Labute approximate surface area is 116 Å². The molecule has 0 aliphatic carbocycles. The standard InChI is InChI=1S/C14H19F2N3O/c15-10-8-11(13(16)12(17)9-10)14(20)18-4-3-7-19-5-1-2-6-19/h8-9H,1-7,17H2,(H,18,20). The molecule has 20 heavy (non-hydrogen) atoms. The number of nitrogens with two attached hydrogens (primary N) is 1. The van der Waals surface area contributed by atoms with E-state index in [0.717, 1.165) is 38.2 Å². The number of hydrogen-bond donors (Lipinski definition) is 2. The van der Waals surface area contributed by atoms with Crippen molar-refractivity contribution in [3.8, 4) is 0 Å². The van der Waals surface area contributed by atoms with E-state index < -0.39 is 17.5 Å². The van der Waals surface area contributed by atoms with Crippen LogP contribution in [-0.2, 0) is 0 Å². The lowest BCUT2D eigenvalue weighted by Gasteiger charge is -2.14. The van der Waals surface area contributed by atoms with Crippen molar-refractivity contribution < 1.29 is 13.6 Å². The second kappa shape index (κ2) is 6.65. The number of rotatable bonds is 5. The lowest BCUT2D eigenvalue weighted by molar-refractivity contribution is 0.0947. The molecule has 1 saturated heterocycles. The minimum Gasteiger partial charge on any atom is -0.396 e. The van der Waals surface area contributed by atoms with E-state index in [2.05, 4.69) is 10.2 Å². The normalized spacial score (nSPS) is 15.5. The number of carbonyl (C=O) groups excluding carboxylic acids is 1. The summed E-state index contributed by atoms with van der Waals surface area (Å²) in [7, 11) is 0. The van der Waals surface area contributed by atoms with E-state index in [1.165, 1.54) is 12.8 Å². The summed E-state index contributed by atoms with van der Waals surface area (Å²) in [5.74, 6) is -2.22. The van der Waals surface area contributed by atoms with Gasteiger partial charge in [0.05, 0.1) is 11.3 Å². The fraction of sp³-hybridized carbons (Fsp3) is 0.500. The van der Waals surface area contributed by atoms with Crippen molar-refractivity contribution in [2.24, 2.45) is 0 Å². The second-order valence-electron chi connectivity index (χ2n) is 5.01. The highest BCUT2D eigenvalue weighted by molar-refractivity contribution is 5.95. The molecule has 1 aromatic rings. The Hall–Kier alpha value is -1.69. The Balaban J connectivity index is 1.82. The van der Waals surface area contributed by atoms with Crippen LogP contribution < -0.4 is 11.1 Å². The number of halogens is 2. The topological polar surface area (TPSA) is 58.4 Å². The Bertz CT molecular complexity index is 488. The second-order valence-corrected chi connectivity index (χ2v) is 5.01. The first kappa shape index (κ1) is 14.7. The van der Waals surface area contributed by atoms with E-state index in [4.69, 9.17) is 5.73 Å². The molecule has 0 atom stereocenters. The van der Waals surface area contributed by atoms with Crippen LogP contribution in [0.15, 0.2) is 12.1 Å². The van der Waals surface area contributed by atoms with Crippen LogP contribution in [0.2, 0.25) is 0 Å². The maximum absolute atomic E-state index is 13.6. The number of nitrogens with one attached hydrogen (secondary N) is 1. The third kappa shape index (κ3) is 3.66. The van der Waals surface area contributed by atoms with Crippen molar-refractivity contribution in [3.63, 3.8) is 0 Å². The van der Waals surface area contributed by atoms with Gasteiger partial charge in [0.15, 0.2) is 5.82 Å². The number of hydrogen-bond acceptors (Lipinski definition) is 3. The van der Waals surface area contributed by atoms with Crippen LogP contribution >= 0.6 is 0 Å². The summed E-state index contributed by atoms with van der Waals surface area (Å²) in [4.78, 5) is 14.1. The lowest BCUT2D eigenvalue weighted by Crippen LogP contribution is -2.29. The quantitative estimate of drug-likeness (QED) is 0.639. The van der Waals surface area contributed by atoms with E-state index in [-0.39, 0.29) is 11.3 Å². The average molecular weight is 283 g/mol. The molecule has 0 spiro atoms. The van der Waals surface area contributed by atoms with Crippen LogP contribution in [0.4, 0.5) is 14.5 Å². The Morgan fingerprint density at radius 2 is 2.00 bits per heavy atom. The molecule has 1 aliphatic heterocycles. The van der Waals surface area contributed by atoms with Crippen LogP contribution in [0.3, 0.4) is 0 Å². The fourth-order valence-corrected chi connectivity index (χ4v) is 2.38. The summed E-state index contributed by atoms with van der Waals surface area (Å²) in [6.07, 6.45) is 3.23. The van der Waals surface area contributed by atoms with Crippen LogP contribution in [-0.4, -0.2) is 37.0 Å². The summed E-state index contributed by atoms with van der Waals surface area (Å²) in [6, 6.07) is 1.72. The monoisotopic (exact) mass is 283 g/mol. The SMILES string of the molecule is Nc1cc(F)cc(C(=O)NCCCN2CCCC2)c1F. The van der Waals surface area contributed by atoms with Gasteiger partial charge in [-0.15, -0.1) is 0 Å². The van der Waals surface area contributed by atoms with Gasteiger partial charge in [0.25, 0.3) is 5.91 Å². The zero-order chi connectivity index (χ0) is 14.5. The molecule has 1 aromatic carbocycles. The van der Waals surface area contributed by atoms with Gasteiger partial charge in [-0.25, -0.2) is 8.78 Å². The highest BCUT2D eigenvalue weighted by atomic mass is 19.1. The average Bonchev–Trinajstić information content (AvgIpc) is 2.91.